The molecule has 0 aliphatic heterocycles. The van der Waals surface area contributed by atoms with Gasteiger partial charge in [-0.2, -0.15) is 0 Å². The van der Waals surface area contributed by atoms with Crippen molar-refractivity contribution in [2.24, 2.45) is 5.92 Å². The van der Waals surface area contributed by atoms with Gasteiger partial charge in [0.2, 0.25) is 0 Å². The molecular formula is C19H22N6O. The van der Waals surface area contributed by atoms with E-state index in [4.69, 9.17) is 5.73 Å². The van der Waals surface area contributed by atoms with E-state index in [1.807, 2.05) is 44.2 Å². The monoisotopic (exact) mass is 350 g/mol. The Kier molecular flexibility index (Phi) is 5.26. The minimum Gasteiger partial charge on any atom is -0.398 e. The number of tetrazole rings is 1. The van der Waals surface area contributed by atoms with Crippen LogP contribution < -0.4 is 11.1 Å². The molecule has 0 aliphatic rings. The molecule has 0 fully saturated rings. The second-order valence-electron chi connectivity index (χ2n) is 6.46. The molecule has 0 saturated heterocycles. The lowest BCUT2D eigenvalue weighted by Crippen LogP contribution is -2.34. The molecule has 1 amide bonds. The number of nitrogens with two attached hydrogens (primary N) is 1. The fraction of sp³-hybridized carbons (Fsp3) is 0.263. The summed E-state index contributed by atoms with van der Waals surface area (Å²) in [6, 6.07) is 16.6. The number of nitrogen functional groups attached to an aromatic ring is 1. The molecule has 0 bridgehead atoms. The fourth-order valence-electron chi connectivity index (χ4n) is 2.76. The molecule has 0 spiro atoms. The van der Waals surface area contributed by atoms with E-state index in [1.54, 1.807) is 28.9 Å². The van der Waals surface area contributed by atoms with Crippen LogP contribution in [0.25, 0.3) is 0 Å². The standard InChI is InChI=1S/C19H22N6O/c1-13(2)17(21-19(26)15-10-6-7-11-16(15)20)18-22-23-24-25(18)12-14-8-4-3-5-9-14/h3-11,13,17H,12,20H2,1-2H3,(H,21,26)/t17-/m0/s1. The van der Waals surface area contributed by atoms with Crippen LogP contribution in [-0.4, -0.2) is 26.1 Å². The summed E-state index contributed by atoms with van der Waals surface area (Å²) < 4.78 is 1.72. The molecule has 3 aromatic rings. The number of nitrogens with zero attached hydrogens (tertiary/aromatic N) is 4. The topological polar surface area (TPSA) is 98.7 Å². The van der Waals surface area contributed by atoms with Crippen LogP contribution in [-0.2, 0) is 6.54 Å². The van der Waals surface area contributed by atoms with Gasteiger partial charge >= 0.3 is 0 Å². The minimum absolute atomic E-state index is 0.101. The normalized spacial score (nSPS) is 12.1. The van der Waals surface area contributed by atoms with Gasteiger partial charge in [-0.05, 0) is 34.0 Å². The van der Waals surface area contributed by atoms with Crippen LogP contribution in [0.15, 0.2) is 54.6 Å². The van der Waals surface area contributed by atoms with E-state index in [-0.39, 0.29) is 17.9 Å². The largest absolute Gasteiger partial charge is 0.398 e. The predicted octanol–water partition coefficient (Wildman–Crippen LogP) is 2.43. The Labute approximate surface area is 152 Å². The molecule has 1 heterocycles. The Morgan fingerprint density at radius 1 is 1.12 bits per heavy atom. The number of aromatic nitrogens is 4. The lowest BCUT2D eigenvalue weighted by molar-refractivity contribution is 0.0922. The first kappa shape index (κ1) is 17.6. The summed E-state index contributed by atoms with van der Waals surface area (Å²) in [7, 11) is 0. The number of anilines is 1. The van der Waals surface area contributed by atoms with Crippen molar-refractivity contribution >= 4 is 11.6 Å². The van der Waals surface area contributed by atoms with E-state index in [1.165, 1.54) is 0 Å². The van der Waals surface area contributed by atoms with Crippen molar-refractivity contribution < 1.29 is 4.79 Å². The van der Waals surface area contributed by atoms with Gasteiger partial charge in [0.1, 0.15) is 0 Å². The van der Waals surface area contributed by atoms with Gasteiger partial charge in [-0.25, -0.2) is 4.68 Å². The molecule has 0 aliphatic carbocycles. The summed E-state index contributed by atoms with van der Waals surface area (Å²) in [4.78, 5) is 12.7. The van der Waals surface area contributed by atoms with E-state index in [0.29, 0.717) is 23.6 Å². The average Bonchev–Trinajstić information content (AvgIpc) is 3.08. The summed E-state index contributed by atoms with van der Waals surface area (Å²) in [5, 5.41) is 15.1. The summed E-state index contributed by atoms with van der Waals surface area (Å²) in [5.74, 6) is 0.479. The summed E-state index contributed by atoms with van der Waals surface area (Å²) in [6.07, 6.45) is 0. The van der Waals surface area contributed by atoms with E-state index in [2.05, 4.69) is 20.8 Å². The molecule has 26 heavy (non-hydrogen) atoms. The third-order valence-electron chi connectivity index (χ3n) is 4.17. The molecule has 3 N–H and O–H groups in total. The molecule has 1 atom stereocenters. The van der Waals surface area contributed by atoms with E-state index in [9.17, 15) is 4.79 Å². The molecule has 0 unspecified atom stereocenters. The number of carbonyl (C=O) groups excluding carboxylic acids is 1. The second-order valence-corrected chi connectivity index (χ2v) is 6.46. The maximum absolute atomic E-state index is 12.7. The van der Waals surface area contributed by atoms with Crippen LogP contribution in [0.2, 0.25) is 0 Å². The zero-order valence-corrected chi connectivity index (χ0v) is 14.8. The Morgan fingerprint density at radius 2 is 1.81 bits per heavy atom. The van der Waals surface area contributed by atoms with Crippen LogP contribution in [0, 0.1) is 5.92 Å². The van der Waals surface area contributed by atoms with E-state index < -0.39 is 0 Å². The Morgan fingerprint density at radius 3 is 2.50 bits per heavy atom. The van der Waals surface area contributed by atoms with Crippen molar-refractivity contribution in [2.45, 2.75) is 26.4 Å². The van der Waals surface area contributed by atoms with Gasteiger partial charge in [-0.1, -0.05) is 56.3 Å². The van der Waals surface area contributed by atoms with Gasteiger partial charge in [0.15, 0.2) is 5.82 Å². The first-order valence-electron chi connectivity index (χ1n) is 8.51. The smallest absolute Gasteiger partial charge is 0.253 e. The van der Waals surface area contributed by atoms with Crippen LogP contribution in [0.5, 0.6) is 0 Å². The van der Waals surface area contributed by atoms with Crippen molar-refractivity contribution in [1.82, 2.24) is 25.5 Å². The molecule has 0 saturated carbocycles. The molecule has 7 heteroatoms. The third kappa shape index (κ3) is 3.88. The van der Waals surface area contributed by atoms with E-state index in [0.717, 1.165) is 5.56 Å². The van der Waals surface area contributed by atoms with Crippen LogP contribution in [0.4, 0.5) is 5.69 Å². The summed E-state index contributed by atoms with van der Waals surface area (Å²) >= 11 is 0. The van der Waals surface area contributed by atoms with Crippen molar-refractivity contribution in [3.8, 4) is 0 Å². The van der Waals surface area contributed by atoms with Gasteiger partial charge in [0.05, 0.1) is 18.2 Å². The Bertz CT molecular complexity index is 875. The molecule has 3 rings (SSSR count). The predicted molar refractivity (Wildman–Crippen MR) is 99.3 cm³/mol. The highest BCUT2D eigenvalue weighted by Crippen LogP contribution is 2.21. The second kappa shape index (κ2) is 7.77. The quantitative estimate of drug-likeness (QED) is 0.665. The van der Waals surface area contributed by atoms with Gasteiger partial charge < -0.3 is 11.1 Å². The zero-order valence-electron chi connectivity index (χ0n) is 14.8. The number of rotatable bonds is 6. The Hall–Kier alpha value is -3.22. The highest BCUT2D eigenvalue weighted by molar-refractivity contribution is 5.99. The number of nitrogens with one attached hydrogen (secondary N) is 1. The van der Waals surface area contributed by atoms with Gasteiger partial charge in [-0.3, -0.25) is 4.79 Å². The van der Waals surface area contributed by atoms with Crippen molar-refractivity contribution in [3.05, 3.63) is 71.5 Å². The summed E-state index contributed by atoms with van der Waals surface area (Å²) in [5.41, 5.74) is 7.89. The fourth-order valence-corrected chi connectivity index (χ4v) is 2.76. The number of hydrogen-bond acceptors (Lipinski definition) is 5. The van der Waals surface area contributed by atoms with Crippen molar-refractivity contribution in [2.75, 3.05) is 5.73 Å². The van der Waals surface area contributed by atoms with Gasteiger partial charge in [0.25, 0.3) is 5.91 Å². The lowest BCUT2D eigenvalue weighted by Gasteiger charge is -2.22. The maximum Gasteiger partial charge on any atom is 0.253 e. The van der Waals surface area contributed by atoms with Gasteiger partial charge in [-0.15, -0.1) is 5.10 Å². The number of amides is 1. The van der Waals surface area contributed by atoms with Crippen LogP contribution in [0.3, 0.4) is 0 Å². The SMILES string of the molecule is CC(C)[C@H](NC(=O)c1ccccc1N)c1nnnn1Cc1ccccc1. The molecule has 0 radical (unpaired) electrons. The highest BCUT2D eigenvalue weighted by atomic mass is 16.1. The third-order valence-corrected chi connectivity index (χ3v) is 4.17. The minimum atomic E-state index is -0.333. The first-order chi connectivity index (χ1) is 12.6. The number of carbonyl (C=O) groups is 1. The van der Waals surface area contributed by atoms with E-state index >= 15 is 0 Å². The summed E-state index contributed by atoms with van der Waals surface area (Å²) in [6.45, 7) is 4.57. The lowest BCUT2D eigenvalue weighted by atomic mass is 10.0. The Balaban J connectivity index is 1.84. The van der Waals surface area contributed by atoms with Crippen LogP contribution in [0.1, 0.15) is 41.6 Å². The first-order valence-corrected chi connectivity index (χ1v) is 8.51. The van der Waals surface area contributed by atoms with Gasteiger partial charge in [0, 0.05) is 5.69 Å². The highest BCUT2D eigenvalue weighted by Gasteiger charge is 2.25. The van der Waals surface area contributed by atoms with Crippen LogP contribution >= 0.6 is 0 Å². The van der Waals surface area contributed by atoms with Crippen molar-refractivity contribution in [3.63, 3.8) is 0 Å². The maximum atomic E-state index is 12.7. The number of para-hydroxylation sites is 1. The molecule has 134 valence electrons. The molecule has 1 aromatic heterocycles. The molecular weight excluding hydrogens is 328 g/mol. The zero-order chi connectivity index (χ0) is 18.5. The molecule has 2 aromatic carbocycles. The number of hydrogen-bond donors (Lipinski definition) is 2. The average molecular weight is 350 g/mol. The molecule has 7 nitrogen and oxygen atoms in total. The number of benzene rings is 2. The van der Waals surface area contributed by atoms with Crippen molar-refractivity contribution in [1.29, 1.82) is 0 Å².